The molecule has 0 aliphatic carbocycles. The zero-order valence-corrected chi connectivity index (χ0v) is 15.8. The van der Waals surface area contributed by atoms with Crippen molar-refractivity contribution < 1.29 is 9.53 Å². The van der Waals surface area contributed by atoms with Gasteiger partial charge in [-0.2, -0.15) is 0 Å². The highest BCUT2D eigenvalue weighted by atomic mass is 79.9. The number of carbonyl (C=O) groups excluding carboxylic acids is 1. The maximum absolute atomic E-state index is 12.8. The molecule has 0 saturated carbocycles. The molecule has 1 unspecified atom stereocenters. The van der Waals surface area contributed by atoms with E-state index in [2.05, 4.69) is 26.2 Å². The molecule has 2 amide bonds. The monoisotopic (exact) mass is 403 g/mol. The van der Waals surface area contributed by atoms with Crippen molar-refractivity contribution in [2.75, 3.05) is 18.5 Å². The van der Waals surface area contributed by atoms with E-state index < -0.39 is 0 Å². The zero-order chi connectivity index (χ0) is 17.6. The van der Waals surface area contributed by atoms with Gasteiger partial charge in [-0.15, -0.1) is 0 Å². The van der Waals surface area contributed by atoms with Crippen molar-refractivity contribution in [1.82, 2.24) is 9.88 Å². The Bertz CT molecular complexity index is 718. The average molecular weight is 404 g/mol. The number of aryl methyl sites for hydroxylation is 1. The van der Waals surface area contributed by atoms with Crippen LogP contribution in [0.15, 0.2) is 47.2 Å². The predicted molar refractivity (Wildman–Crippen MR) is 102 cm³/mol. The fraction of sp³-hybridized carbons (Fsp3) is 0.368. The van der Waals surface area contributed by atoms with Crippen LogP contribution in [0.3, 0.4) is 0 Å². The SMILES string of the molecule is Cc1ccc(NC(=O)N(Cc2cccnc2)CC2CCCO2)cc1Br. The number of urea groups is 1. The highest BCUT2D eigenvalue weighted by molar-refractivity contribution is 9.10. The molecule has 0 radical (unpaired) electrons. The zero-order valence-electron chi connectivity index (χ0n) is 14.2. The molecular weight excluding hydrogens is 382 g/mol. The molecule has 2 heterocycles. The number of pyridine rings is 1. The standard InChI is InChI=1S/C19H22BrN3O2/c1-14-6-7-16(10-18(14)20)22-19(24)23(13-17-5-3-9-25-17)12-15-4-2-8-21-11-15/h2,4,6-8,10-11,17H,3,5,9,12-13H2,1H3,(H,22,24). The molecule has 1 aromatic carbocycles. The minimum Gasteiger partial charge on any atom is -0.376 e. The van der Waals surface area contributed by atoms with Gasteiger partial charge in [0.2, 0.25) is 0 Å². The molecule has 6 heteroatoms. The lowest BCUT2D eigenvalue weighted by Gasteiger charge is -2.26. The summed E-state index contributed by atoms with van der Waals surface area (Å²) in [7, 11) is 0. The van der Waals surface area contributed by atoms with Crippen molar-refractivity contribution >= 4 is 27.6 Å². The largest absolute Gasteiger partial charge is 0.376 e. The first kappa shape index (κ1) is 17.9. The molecular formula is C19H22BrN3O2. The van der Waals surface area contributed by atoms with Gasteiger partial charge in [0.15, 0.2) is 0 Å². The van der Waals surface area contributed by atoms with Gasteiger partial charge in [-0.05, 0) is 49.1 Å². The summed E-state index contributed by atoms with van der Waals surface area (Å²) in [4.78, 5) is 18.8. The molecule has 25 heavy (non-hydrogen) atoms. The summed E-state index contributed by atoms with van der Waals surface area (Å²) < 4.78 is 6.69. The maximum Gasteiger partial charge on any atom is 0.322 e. The summed E-state index contributed by atoms with van der Waals surface area (Å²) in [5.74, 6) is 0. The fourth-order valence-corrected chi connectivity index (χ4v) is 3.22. The molecule has 0 bridgehead atoms. The van der Waals surface area contributed by atoms with Gasteiger partial charge in [0.05, 0.1) is 6.10 Å². The summed E-state index contributed by atoms with van der Waals surface area (Å²) in [6, 6.07) is 9.54. The number of anilines is 1. The van der Waals surface area contributed by atoms with Gasteiger partial charge in [-0.1, -0.05) is 28.1 Å². The number of amides is 2. The van der Waals surface area contributed by atoms with E-state index in [4.69, 9.17) is 4.74 Å². The lowest BCUT2D eigenvalue weighted by Crippen LogP contribution is -2.39. The first-order valence-electron chi connectivity index (χ1n) is 8.44. The van der Waals surface area contributed by atoms with Crippen LogP contribution in [0.2, 0.25) is 0 Å². The van der Waals surface area contributed by atoms with Crippen LogP contribution in [0.1, 0.15) is 24.0 Å². The molecule has 1 aliphatic rings. The van der Waals surface area contributed by atoms with Crippen LogP contribution < -0.4 is 5.32 Å². The maximum atomic E-state index is 12.8. The Morgan fingerprint density at radius 3 is 3.00 bits per heavy atom. The van der Waals surface area contributed by atoms with Gasteiger partial charge < -0.3 is 15.0 Å². The van der Waals surface area contributed by atoms with Gasteiger partial charge in [0, 0.05) is 42.3 Å². The number of hydrogen-bond acceptors (Lipinski definition) is 3. The summed E-state index contributed by atoms with van der Waals surface area (Å²) in [5.41, 5.74) is 2.90. The van der Waals surface area contributed by atoms with Gasteiger partial charge in [0.25, 0.3) is 0 Å². The Labute approximate surface area is 156 Å². The highest BCUT2D eigenvalue weighted by Crippen LogP contribution is 2.21. The number of benzene rings is 1. The van der Waals surface area contributed by atoms with E-state index in [1.807, 2.05) is 37.3 Å². The van der Waals surface area contributed by atoms with E-state index >= 15 is 0 Å². The van der Waals surface area contributed by atoms with Gasteiger partial charge in [-0.3, -0.25) is 4.98 Å². The third kappa shape index (κ3) is 5.03. The lowest BCUT2D eigenvalue weighted by atomic mass is 10.2. The van der Waals surface area contributed by atoms with Gasteiger partial charge in [-0.25, -0.2) is 4.79 Å². The Morgan fingerprint density at radius 2 is 2.32 bits per heavy atom. The number of carbonyl (C=O) groups is 1. The quantitative estimate of drug-likeness (QED) is 0.806. The third-order valence-corrected chi connectivity index (χ3v) is 5.11. The molecule has 5 nitrogen and oxygen atoms in total. The lowest BCUT2D eigenvalue weighted by molar-refractivity contribution is 0.0819. The number of rotatable bonds is 5. The highest BCUT2D eigenvalue weighted by Gasteiger charge is 2.23. The van der Waals surface area contributed by atoms with Gasteiger partial charge in [0.1, 0.15) is 0 Å². The molecule has 1 aromatic heterocycles. The normalized spacial score (nSPS) is 16.6. The smallest absolute Gasteiger partial charge is 0.322 e. The van der Waals surface area contributed by atoms with Crippen LogP contribution in [0, 0.1) is 6.92 Å². The van der Waals surface area contributed by atoms with Crippen molar-refractivity contribution in [3.8, 4) is 0 Å². The summed E-state index contributed by atoms with van der Waals surface area (Å²) in [6.07, 6.45) is 5.67. The molecule has 2 aromatic rings. The summed E-state index contributed by atoms with van der Waals surface area (Å²) in [5, 5.41) is 2.99. The Balaban J connectivity index is 1.72. The molecule has 1 aliphatic heterocycles. The summed E-state index contributed by atoms with van der Waals surface area (Å²) in [6.45, 7) is 3.88. The predicted octanol–water partition coefficient (Wildman–Crippen LogP) is 4.37. The molecule has 1 fully saturated rings. The van der Waals surface area contributed by atoms with Crippen LogP contribution >= 0.6 is 15.9 Å². The number of halogens is 1. The minimum absolute atomic E-state index is 0.104. The molecule has 3 rings (SSSR count). The topological polar surface area (TPSA) is 54.5 Å². The molecule has 1 saturated heterocycles. The number of nitrogens with one attached hydrogen (secondary N) is 1. The van der Waals surface area contributed by atoms with Crippen molar-refractivity contribution in [2.45, 2.75) is 32.4 Å². The number of hydrogen-bond donors (Lipinski definition) is 1. The van der Waals surface area contributed by atoms with Crippen LogP contribution in [0.25, 0.3) is 0 Å². The van der Waals surface area contributed by atoms with Crippen molar-refractivity contribution in [1.29, 1.82) is 0 Å². The first-order valence-corrected chi connectivity index (χ1v) is 9.24. The first-order chi connectivity index (χ1) is 12.1. The molecule has 1 atom stereocenters. The second-order valence-corrected chi connectivity index (χ2v) is 7.13. The summed E-state index contributed by atoms with van der Waals surface area (Å²) >= 11 is 3.50. The molecule has 0 spiro atoms. The molecule has 132 valence electrons. The second-order valence-electron chi connectivity index (χ2n) is 6.27. The van der Waals surface area contributed by atoms with Crippen molar-refractivity contribution in [3.63, 3.8) is 0 Å². The van der Waals surface area contributed by atoms with Crippen molar-refractivity contribution in [3.05, 3.63) is 58.3 Å². The van der Waals surface area contributed by atoms with Crippen molar-refractivity contribution in [2.24, 2.45) is 0 Å². The van der Waals surface area contributed by atoms with E-state index in [-0.39, 0.29) is 12.1 Å². The van der Waals surface area contributed by atoms with E-state index in [9.17, 15) is 4.79 Å². The van der Waals surface area contributed by atoms with Crippen LogP contribution in [-0.2, 0) is 11.3 Å². The Kier molecular flexibility index (Phi) is 6.04. The minimum atomic E-state index is -0.130. The Morgan fingerprint density at radius 1 is 1.44 bits per heavy atom. The Hall–Kier alpha value is -1.92. The van der Waals surface area contributed by atoms with E-state index in [1.165, 1.54) is 0 Å². The van der Waals surface area contributed by atoms with E-state index in [0.29, 0.717) is 13.1 Å². The van der Waals surface area contributed by atoms with Gasteiger partial charge >= 0.3 is 6.03 Å². The second kappa shape index (κ2) is 8.45. The fourth-order valence-electron chi connectivity index (χ4n) is 2.84. The van der Waals surface area contributed by atoms with Crippen LogP contribution in [0.4, 0.5) is 10.5 Å². The third-order valence-electron chi connectivity index (χ3n) is 4.25. The average Bonchev–Trinajstić information content (AvgIpc) is 3.12. The van der Waals surface area contributed by atoms with Crippen LogP contribution in [0.5, 0.6) is 0 Å². The number of aromatic nitrogens is 1. The van der Waals surface area contributed by atoms with Crippen LogP contribution in [-0.4, -0.2) is 35.2 Å². The van der Waals surface area contributed by atoms with E-state index in [0.717, 1.165) is 40.7 Å². The molecule has 1 N–H and O–H groups in total. The van der Waals surface area contributed by atoms with E-state index in [1.54, 1.807) is 17.3 Å². The number of ether oxygens (including phenoxy) is 1. The number of nitrogens with zero attached hydrogens (tertiary/aromatic N) is 2.